The van der Waals surface area contributed by atoms with E-state index in [9.17, 15) is 9.59 Å². The van der Waals surface area contributed by atoms with Gasteiger partial charge in [-0.3, -0.25) is 0 Å². The van der Waals surface area contributed by atoms with Gasteiger partial charge in [0, 0.05) is 45.3 Å². The molecule has 0 fully saturated rings. The predicted octanol–water partition coefficient (Wildman–Crippen LogP) is 8.00. The number of rotatable bonds is 16. The third-order valence-electron chi connectivity index (χ3n) is 7.80. The highest BCUT2D eigenvalue weighted by molar-refractivity contribution is 7.99. The van der Waals surface area contributed by atoms with Crippen molar-refractivity contribution in [1.29, 1.82) is 0 Å². The molecule has 10 nitrogen and oxygen atoms in total. The van der Waals surface area contributed by atoms with Crippen LogP contribution in [0, 0.1) is 27.7 Å². The Kier molecular flexibility index (Phi) is 12.7. The number of esters is 2. The number of nitrogens with zero attached hydrogens (tertiary/aromatic N) is 2. The Bertz CT molecular complexity index is 1820. The Hall–Kier alpha value is -4.68. The van der Waals surface area contributed by atoms with Crippen molar-refractivity contribution in [3.05, 3.63) is 94.7 Å². The lowest BCUT2D eigenvalue weighted by Gasteiger charge is -2.09. The first-order valence-electron chi connectivity index (χ1n) is 16.0. The number of ether oxygens (including phenoxy) is 4. The van der Waals surface area contributed by atoms with Crippen LogP contribution in [0.25, 0.3) is 22.9 Å². The summed E-state index contributed by atoms with van der Waals surface area (Å²) in [6, 6.07) is 19.7. The number of benzene rings is 3. The Labute approximate surface area is 300 Å². The number of oxazole rings is 2. The van der Waals surface area contributed by atoms with Crippen LogP contribution in [0.2, 0.25) is 0 Å². The molecule has 0 radical (unpaired) electrons. The first-order chi connectivity index (χ1) is 24.1. The maximum Gasteiger partial charge on any atom is 0.343 e. The number of methoxy groups -OCH3 is 2. The summed E-state index contributed by atoms with van der Waals surface area (Å²) < 4.78 is 32.6. The van der Waals surface area contributed by atoms with Gasteiger partial charge >= 0.3 is 11.9 Å². The molecule has 0 saturated heterocycles. The molecule has 0 saturated carbocycles. The van der Waals surface area contributed by atoms with E-state index in [2.05, 4.69) is 9.47 Å². The van der Waals surface area contributed by atoms with Gasteiger partial charge in [0.2, 0.25) is 11.8 Å². The SMILES string of the molecule is COC(=O)COc1ccc(SCCc2nc(-c3cccc(-c4nc(CCSc5ccc(OCC(=O)OC)c(C)c5)c(C)o4)c3)oc2C)cc1C. The molecule has 2 aromatic heterocycles. The van der Waals surface area contributed by atoms with E-state index in [0.29, 0.717) is 23.3 Å². The van der Waals surface area contributed by atoms with Crippen molar-refractivity contribution in [3.8, 4) is 34.4 Å². The molecule has 262 valence electrons. The van der Waals surface area contributed by atoms with Crippen molar-refractivity contribution >= 4 is 35.5 Å². The van der Waals surface area contributed by atoms with Gasteiger partial charge in [-0.1, -0.05) is 6.07 Å². The van der Waals surface area contributed by atoms with Crippen molar-refractivity contribution in [2.24, 2.45) is 0 Å². The molecule has 0 aliphatic heterocycles. The van der Waals surface area contributed by atoms with Gasteiger partial charge in [-0.2, -0.15) is 0 Å². The number of thioether (sulfide) groups is 2. The van der Waals surface area contributed by atoms with Crippen LogP contribution >= 0.6 is 23.5 Å². The molecular weight excluding hydrogens is 677 g/mol. The molecule has 0 unspecified atom stereocenters. The lowest BCUT2D eigenvalue weighted by Crippen LogP contribution is -2.12. The second kappa shape index (κ2) is 17.3. The number of carbonyl (C=O) groups excluding carboxylic acids is 2. The zero-order chi connectivity index (χ0) is 35.6. The van der Waals surface area contributed by atoms with Crippen LogP contribution in [0.15, 0.2) is 79.3 Å². The van der Waals surface area contributed by atoms with Crippen molar-refractivity contribution in [2.45, 2.75) is 50.3 Å². The lowest BCUT2D eigenvalue weighted by molar-refractivity contribution is -0.143. The minimum absolute atomic E-state index is 0.116. The molecule has 0 bridgehead atoms. The fourth-order valence-corrected chi connectivity index (χ4v) is 6.93. The maximum atomic E-state index is 11.4. The molecule has 0 aliphatic rings. The fourth-order valence-electron chi connectivity index (χ4n) is 5.02. The van der Waals surface area contributed by atoms with E-state index in [1.807, 2.05) is 88.4 Å². The van der Waals surface area contributed by atoms with Gasteiger partial charge in [-0.15, -0.1) is 23.5 Å². The van der Waals surface area contributed by atoms with Crippen molar-refractivity contribution < 1.29 is 37.4 Å². The topological polar surface area (TPSA) is 123 Å². The van der Waals surface area contributed by atoms with Crippen LogP contribution in [-0.4, -0.2) is 60.8 Å². The van der Waals surface area contributed by atoms with E-state index >= 15 is 0 Å². The number of hydrogen-bond acceptors (Lipinski definition) is 12. The summed E-state index contributed by atoms with van der Waals surface area (Å²) in [7, 11) is 2.68. The summed E-state index contributed by atoms with van der Waals surface area (Å²) in [6.45, 7) is 7.55. The first-order valence-corrected chi connectivity index (χ1v) is 18.0. The maximum absolute atomic E-state index is 11.4. The second-order valence-electron chi connectivity index (χ2n) is 11.4. The van der Waals surface area contributed by atoms with E-state index in [0.717, 1.165) is 79.3 Å². The molecular formula is C38H40N2O8S2. The number of carbonyl (C=O) groups is 2. The zero-order valence-corrected chi connectivity index (χ0v) is 30.6. The molecule has 0 atom stereocenters. The van der Waals surface area contributed by atoms with Crippen molar-refractivity contribution in [3.63, 3.8) is 0 Å². The van der Waals surface area contributed by atoms with Crippen molar-refractivity contribution in [2.75, 3.05) is 38.9 Å². The largest absolute Gasteiger partial charge is 0.482 e. The minimum Gasteiger partial charge on any atom is -0.482 e. The molecule has 3 aromatic carbocycles. The van der Waals surface area contributed by atoms with Crippen LogP contribution in [0.4, 0.5) is 0 Å². The number of aromatic nitrogens is 2. The minimum atomic E-state index is -0.415. The Balaban J connectivity index is 1.15. The predicted molar refractivity (Wildman–Crippen MR) is 193 cm³/mol. The van der Waals surface area contributed by atoms with Gasteiger partial charge in [0.15, 0.2) is 13.2 Å². The average molecular weight is 717 g/mol. The lowest BCUT2D eigenvalue weighted by atomic mass is 10.1. The van der Waals surface area contributed by atoms with Gasteiger partial charge in [0.1, 0.15) is 23.0 Å². The Morgan fingerprint density at radius 1 is 0.640 bits per heavy atom. The standard InChI is InChI=1S/C38H40N2O8S2/c1-23-18-29(10-12-33(23)45-21-35(41)43-5)49-16-14-31-25(3)47-37(39-31)27-8-7-9-28(20-27)38-40-32(26(4)48-38)15-17-50-30-11-13-34(24(2)19-30)46-22-36(42)44-6/h7-13,18-20H,14-17,21-22H2,1-6H3. The smallest absolute Gasteiger partial charge is 0.343 e. The molecule has 2 heterocycles. The molecule has 12 heteroatoms. The van der Waals surface area contributed by atoms with Gasteiger partial charge in [-0.05, 0) is 93.4 Å². The van der Waals surface area contributed by atoms with Gasteiger partial charge < -0.3 is 27.8 Å². The summed E-state index contributed by atoms with van der Waals surface area (Å²) in [6.07, 6.45) is 1.49. The van der Waals surface area contributed by atoms with Gasteiger partial charge in [-0.25, -0.2) is 19.6 Å². The summed E-state index contributed by atoms with van der Waals surface area (Å²) in [5, 5.41) is 0. The van der Waals surface area contributed by atoms with E-state index in [4.69, 9.17) is 28.3 Å². The van der Waals surface area contributed by atoms with E-state index in [1.54, 1.807) is 23.5 Å². The number of aryl methyl sites for hydroxylation is 6. The summed E-state index contributed by atoms with van der Waals surface area (Å²) in [4.78, 5) is 34.6. The van der Waals surface area contributed by atoms with Crippen LogP contribution in [0.5, 0.6) is 11.5 Å². The highest BCUT2D eigenvalue weighted by atomic mass is 32.2. The highest BCUT2D eigenvalue weighted by Gasteiger charge is 2.16. The van der Waals surface area contributed by atoms with Crippen LogP contribution < -0.4 is 9.47 Å². The molecule has 50 heavy (non-hydrogen) atoms. The Morgan fingerprint density at radius 3 is 1.48 bits per heavy atom. The summed E-state index contributed by atoms with van der Waals surface area (Å²) >= 11 is 3.45. The van der Waals surface area contributed by atoms with Crippen molar-refractivity contribution in [1.82, 2.24) is 9.97 Å². The zero-order valence-electron chi connectivity index (χ0n) is 29.0. The average Bonchev–Trinajstić information content (AvgIpc) is 3.68. The Morgan fingerprint density at radius 2 is 1.08 bits per heavy atom. The molecule has 0 N–H and O–H groups in total. The third kappa shape index (κ3) is 9.72. The normalized spacial score (nSPS) is 11.0. The van der Waals surface area contributed by atoms with Gasteiger partial charge in [0.05, 0.1) is 25.6 Å². The molecule has 0 spiro atoms. The molecule has 0 aliphatic carbocycles. The van der Waals surface area contributed by atoms with Crippen LogP contribution in [0.3, 0.4) is 0 Å². The van der Waals surface area contributed by atoms with Gasteiger partial charge in [0.25, 0.3) is 0 Å². The summed E-state index contributed by atoms with van der Waals surface area (Å²) in [5.74, 6) is 4.84. The molecule has 5 rings (SSSR count). The highest BCUT2D eigenvalue weighted by Crippen LogP contribution is 2.31. The van der Waals surface area contributed by atoms with Crippen LogP contribution in [0.1, 0.15) is 34.0 Å². The first kappa shape index (κ1) is 36.6. The fraction of sp³-hybridized carbons (Fsp3) is 0.316. The van der Waals surface area contributed by atoms with Crippen LogP contribution in [-0.2, 0) is 31.9 Å². The molecule has 0 amide bonds. The van der Waals surface area contributed by atoms with E-state index < -0.39 is 11.9 Å². The van der Waals surface area contributed by atoms with E-state index in [1.165, 1.54) is 14.2 Å². The quantitative estimate of drug-likeness (QED) is 0.0726. The van der Waals surface area contributed by atoms with E-state index in [-0.39, 0.29) is 13.2 Å². The second-order valence-corrected chi connectivity index (χ2v) is 13.7. The number of hydrogen-bond donors (Lipinski definition) is 0. The summed E-state index contributed by atoms with van der Waals surface area (Å²) in [5.41, 5.74) is 5.44. The monoisotopic (exact) mass is 716 g/mol. The molecule has 5 aromatic rings. The third-order valence-corrected chi connectivity index (χ3v) is 9.79.